The summed E-state index contributed by atoms with van der Waals surface area (Å²) in [5.74, 6) is 1.44. The minimum atomic E-state index is 0.179. The van der Waals surface area contributed by atoms with E-state index >= 15 is 0 Å². The van der Waals surface area contributed by atoms with E-state index in [9.17, 15) is 4.79 Å². The second-order valence-corrected chi connectivity index (χ2v) is 7.86. The van der Waals surface area contributed by atoms with Crippen molar-refractivity contribution in [2.75, 3.05) is 19.6 Å². The zero-order chi connectivity index (χ0) is 16.5. The number of likely N-dealkylation sites (tertiary alicyclic amines) is 1. The molecule has 2 aliphatic heterocycles. The van der Waals surface area contributed by atoms with E-state index in [-0.39, 0.29) is 5.92 Å². The number of thiophene rings is 1. The highest BCUT2D eigenvalue weighted by atomic mass is 32.1. The Morgan fingerprint density at radius 2 is 2.21 bits per heavy atom. The highest BCUT2D eigenvalue weighted by Crippen LogP contribution is 2.27. The molecule has 0 saturated carbocycles. The Morgan fingerprint density at radius 3 is 2.96 bits per heavy atom. The molecule has 2 aromatic rings. The van der Waals surface area contributed by atoms with Gasteiger partial charge < -0.3 is 9.42 Å². The maximum absolute atomic E-state index is 12.8. The fourth-order valence-electron chi connectivity index (χ4n) is 3.74. The van der Waals surface area contributed by atoms with Gasteiger partial charge in [0.1, 0.15) is 0 Å². The second-order valence-electron chi connectivity index (χ2n) is 6.86. The quantitative estimate of drug-likeness (QED) is 0.858. The Labute approximate surface area is 146 Å². The van der Waals surface area contributed by atoms with Gasteiger partial charge >= 0.3 is 0 Å². The van der Waals surface area contributed by atoms with Crippen LogP contribution in [0.1, 0.15) is 34.7 Å². The van der Waals surface area contributed by atoms with Crippen LogP contribution >= 0.6 is 11.3 Å². The van der Waals surface area contributed by atoms with E-state index in [1.165, 1.54) is 10.4 Å². The Bertz CT molecular complexity index is 715. The first kappa shape index (κ1) is 15.8. The third-order valence-corrected chi connectivity index (χ3v) is 6.14. The van der Waals surface area contributed by atoms with Crippen LogP contribution in [0.3, 0.4) is 0 Å². The van der Waals surface area contributed by atoms with E-state index in [4.69, 9.17) is 4.52 Å². The molecule has 0 aliphatic carbocycles. The Morgan fingerprint density at radius 1 is 1.38 bits per heavy atom. The number of aryl methyl sites for hydroxylation is 1. The first-order valence-electron chi connectivity index (χ1n) is 8.67. The van der Waals surface area contributed by atoms with Crippen molar-refractivity contribution in [2.24, 2.45) is 5.92 Å². The van der Waals surface area contributed by atoms with Crippen molar-refractivity contribution < 1.29 is 9.32 Å². The lowest BCUT2D eigenvalue weighted by molar-refractivity contribution is -0.138. The summed E-state index contributed by atoms with van der Waals surface area (Å²) in [5, 5.41) is 6.08. The molecule has 1 amide bonds. The second kappa shape index (κ2) is 6.69. The zero-order valence-corrected chi connectivity index (χ0v) is 14.8. The van der Waals surface area contributed by atoms with Crippen LogP contribution in [-0.2, 0) is 24.3 Å². The van der Waals surface area contributed by atoms with Crippen LogP contribution in [0.4, 0.5) is 0 Å². The molecule has 4 rings (SSSR count). The number of piperidine rings is 1. The van der Waals surface area contributed by atoms with Crippen LogP contribution < -0.4 is 0 Å². The fraction of sp³-hybridized carbons (Fsp3) is 0.556. The molecule has 1 saturated heterocycles. The van der Waals surface area contributed by atoms with E-state index in [1.807, 2.05) is 24.3 Å². The van der Waals surface area contributed by atoms with Gasteiger partial charge in [0, 0.05) is 30.0 Å². The number of hydrogen-bond acceptors (Lipinski definition) is 5. The minimum absolute atomic E-state index is 0.179. The molecule has 0 spiro atoms. The van der Waals surface area contributed by atoms with Crippen LogP contribution in [0, 0.1) is 12.8 Å². The number of amides is 1. The molecule has 128 valence electrons. The molecule has 0 bridgehead atoms. The number of hydrogen-bond donors (Lipinski definition) is 0. The maximum Gasteiger partial charge on any atom is 0.226 e. The number of fused-ring (bicyclic) bond motifs is 1. The molecule has 2 aliphatic rings. The van der Waals surface area contributed by atoms with Crippen molar-refractivity contribution in [2.45, 2.75) is 39.3 Å². The highest BCUT2D eigenvalue weighted by molar-refractivity contribution is 7.10. The van der Waals surface area contributed by atoms with Crippen molar-refractivity contribution in [1.82, 2.24) is 15.0 Å². The number of rotatable bonds is 3. The molecule has 0 unspecified atom stereocenters. The van der Waals surface area contributed by atoms with Crippen LogP contribution in [0.15, 0.2) is 22.0 Å². The normalized spacial score (nSPS) is 19.5. The summed E-state index contributed by atoms with van der Waals surface area (Å²) in [4.78, 5) is 18.7. The van der Waals surface area contributed by atoms with Gasteiger partial charge in [-0.25, -0.2) is 0 Å². The van der Waals surface area contributed by atoms with E-state index < -0.39 is 0 Å². The van der Waals surface area contributed by atoms with Gasteiger partial charge in [0.05, 0.1) is 12.2 Å². The maximum atomic E-state index is 12.8. The first-order chi connectivity index (χ1) is 11.7. The first-order valence-corrected chi connectivity index (χ1v) is 9.55. The van der Waals surface area contributed by atoms with Gasteiger partial charge in [0.2, 0.25) is 5.91 Å². The van der Waals surface area contributed by atoms with Gasteiger partial charge in [-0.15, -0.1) is 11.3 Å². The molecule has 0 aromatic carbocycles. The summed E-state index contributed by atoms with van der Waals surface area (Å²) >= 11 is 1.82. The van der Waals surface area contributed by atoms with Crippen LogP contribution in [0.2, 0.25) is 0 Å². The van der Waals surface area contributed by atoms with Gasteiger partial charge in [-0.2, -0.15) is 0 Å². The lowest BCUT2D eigenvalue weighted by Crippen LogP contribution is -2.43. The van der Waals surface area contributed by atoms with Crippen molar-refractivity contribution in [3.05, 3.63) is 39.4 Å². The Kier molecular flexibility index (Phi) is 4.41. The van der Waals surface area contributed by atoms with E-state index in [2.05, 4.69) is 26.4 Å². The third kappa shape index (κ3) is 3.26. The third-order valence-electron chi connectivity index (χ3n) is 5.11. The van der Waals surface area contributed by atoms with Gasteiger partial charge in [0.25, 0.3) is 0 Å². The fourth-order valence-corrected chi connectivity index (χ4v) is 4.63. The molecule has 24 heavy (non-hydrogen) atoms. The molecule has 4 heterocycles. The largest absolute Gasteiger partial charge is 0.360 e. The van der Waals surface area contributed by atoms with Crippen molar-refractivity contribution in [3.8, 4) is 0 Å². The van der Waals surface area contributed by atoms with Crippen molar-refractivity contribution in [3.63, 3.8) is 0 Å². The predicted octanol–water partition coefficient (Wildman–Crippen LogP) is 2.84. The Balaban J connectivity index is 1.30. The summed E-state index contributed by atoms with van der Waals surface area (Å²) in [6.45, 7) is 6.32. The number of aromatic nitrogens is 1. The number of carbonyl (C=O) groups is 1. The van der Waals surface area contributed by atoms with Gasteiger partial charge in [-0.05, 0) is 56.3 Å². The summed E-state index contributed by atoms with van der Waals surface area (Å²) in [7, 11) is 0. The molecular weight excluding hydrogens is 322 g/mol. The zero-order valence-electron chi connectivity index (χ0n) is 14.0. The Hall–Kier alpha value is -1.66. The molecule has 0 N–H and O–H groups in total. The number of nitrogens with zero attached hydrogens (tertiary/aromatic N) is 3. The summed E-state index contributed by atoms with van der Waals surface area (Å²) in [6.07, 6.45) is 2.90. The lowest BCUT2D eigenvalue weighted by atomic mass is 9.94. The van der Waals surface area contributed by atoms with Crippen LogP contribution in [-0.4, -0.2) is 40.5 Å². The summed E-state index contributed by atoms with van der Waals surface area (Å²) < 4.78 is 5.30. The topological polar surface area (TPSA) is 49.6 Å². The van der Waals surface area contributed by atoms with Crippen molar-refractivity contribution in [1.29, 1.82) is 0 Å². The van der Waals surface area contributed by atoms with Gasteiger partial charge in [-0.3, -0.25) is 9.69 Å². The standard InChI is InChI=1S/C18H23N3O2S/c1-13-10-16(23-19-13)12-20-6-2-14(3-7-20)18(22)21-8-4-17-15(11-21)5-9-24-17/h5,9-10,14H,2-4,6-8,11-12H2,1H3. The summed E-state index contributed by atoms with van der Waals surface area (Å²) in [6, 6.07) is 4.16. The molecule has 0 radical (unpaired) electrons. The van der Waals surface area contributed by atoms with E-state index in [1.54, 1.807) is 0 Å². The molecule has 0 atom stereocenters. The molecule has 2 aromatic heterocycles. The van der Waals surface area contributed by atoms with Crippen LogP contribution in [0.25, 0.3) is 0 Å². The predicted molar refractivity (Wildman–Crippen MR) is 92.7 cm³/mol. The van der Waals surface area contributed by atoms with E-state index in [0.29, 0.717) is 5.91 Å². The average Bonchev–Trinajstić information content (AvgIpc) is 3.23. The lowest BCUT2D eigenvalue weighted by Gasteiger charge is -2.35. The van der Waals surface area contributed by atoms with Crippen molar-refractivity contribution >= 4 is 17.2 Å². The summed E-state index contributed by atoms with van der Waals surface area (Å²) in [5.41, 5.74) is 2.27. The smallest absolute Gasteiger partial charge is 0.226 e. The molecule has 5 nitrogen and oxygen atoms in total. The SMILES string of the molecule is Cc1cc(CN2CCC(C(=O)N3CCc4sccc4C3)CC2)on1. The minimum Gasteiger partial charge on any atom is -0.360 e. The van der Waals surface area contributed by atoms with Crippen LogP contribution in [0.5, 0.6) is 0 Å². The molecular formula is C18H23N3O2S. The van der Waals surface area contributed by atoms with E-state index in [0.717, 1.165) is 63.4 Å². The molecule has 6 heteroatoms. The van der Waals surface area contributed by atoms with Gasteiger partial charge in [0.15, 0.2) is 5.76 Å². The number of carbonyl (C=O) groups excluding carboxylic acids is 1. The van der Waals surface area contributed by atoms with Gasteiger partial charge in [-0.1, -0.05) is 5.16 Å². The monoisotopic (exact) mass is 345 g/mol. The average molecular weight is 345 g/mol. The highest BCUT2D eigenvalue weighted by Gasteiger charge is 2.30. The molecule has 1 fully saturated rings.